The molecule has 0 aliphatic carbocycles. The third-order valence-electron chi connectivity index (χ3n) is 4.99. The van der Waals surface area contributed by atoms with Crippen LogP contribution in [0, 0.1) is 0 Å². The summed E-state index contributed by atoms with van der Waals surface area (Å²) in [6, 6.07) is 0. The normalized spacial score (nSPS) is 21.7. The Morgan fingerprint density at radius 1 is 1.37 bits per heavy atom. The van der Waals surface area contributed by atoms with Gasteiger partial charge in [0.1, 0.15) is 11.2 Å². The summed E-state index contributed by atoms with van der Waals surface area (Å²) in [5.41, 5.74) is -0.178. The van der Waals surface area contributed by atoms with Crippen LogP contribution in [0.1, 0.15) is 57.9 Å². The molecule has 1 unspecified atom stereocenters. The van der Waals surface area contributed by atoms with Crippen LogP contribution in [0.2, 0.25) is 0 Å². The smallest absolute Gasteiger partial charge is 0.410 e. The lowest BCUT2D eigenvalue weighted by molar-refractivity contribution is -0.104. The molecule has 0 aromatic carbocycles. The molecular formula is C17H22BrN5O4. The van der Waals surface area contributed by atoms with Crippen LogP contribution in [0.15, 0.2) is 9.53 Å². The number of rotatable bonds is 0. The number of H-pyrrole nitrogens is 1. The second kappa shape index (κ2) is 6.03. The maximum absolute atomic E-state index is 13.1. The second-order valence-electron chi connectivity index (χ2n) is 8.06. The van der Waals surface area contributed by atoms with E-state index in [0.717, 1.165) is 5.69 Å². The van der Waals surface area contributed by atoms with E-state index in [1.807, 2.05) is 27.7 Å². The zero-order valence-corrected chi connectivity index (χ0v) is 17.3. The zero-order chi connectivity index (χ0) is 19.6. The number of aromatic amines is 1. The van der Waals surface area contributed by atoms with Crippen molar-refractivity contribution >= 4 is 27.8 Å². The van der Waals surface area contributed by atoms with Crippen molar-refractivity contribution in [3.63, 3.8) is 0 Å². The molecule has 10 heteroatoms. The summed E-state index contributed by atoms with van der Waals surface area (Å²) in [4.78, 5) is 34.5. The Kier molecular flexibility index (Phi) is 4.12. The number of hydrogen-bond acceptors (Lipinski definition) is 6. The maximum Gasteiger partial charge on any atom is 0.410 e. The minimum atomic E-state index is -0.729. The Labute approximate surface area is 164 Å². The lowest BCUT2D eigenvalue weighted by atomic mass is 9.85. The van der Waals surface area contributed by atoms with Crippen molar-refractivity contribution < 1.29 is 14.3 Å². The van der Waals surface area contributed by atoms with Crippen molar-refractivity contribution in [3.05, 3.63) is 26.3 Å². The third-order valence-corrected chi connectivity index (χ3v) is 5.33. The number of fused-ring (bicyclic) bond motifs is 3. The highest BCUT2D eigenvalue weighted by Crippen LogP contribution is 2.47. The molecule has 1 amide bonds. The molecule has 1 spiro atoms. The Bertz CT molecular complexity index is 968. The summed E-state index contributed by atoms with van der Waals surface area (Å²) < 4.78 is 13.3. The van der Waals surface area contributed by atoms with E-state index in [4.69, 9.17) is 9.47 Å². The maximum atomic E-state index is 13.1. The molecule has 1 N–H and O–H groups in total. The first-order valence-corrected chi connectivity index (χ1v) is 9.74. The molecule has 2 aliphatic heterocycles. The molecule has 4 rings (SSSR count). The lowest BCUT2D eigenvalue weighted by Crippen LogP contribution is -2.48. The van der Waals surface area contributed by atoms with Crippen molar-refractivity contribution in [2.24, 2.45) is 0 Å². The van der Waals surface area contributed by atoms with E-state index in [2.05, 4.69) is 31.0 Å². The minimum absolute atomic E-state index is 0.230. The van der Waals surface area contributed by atoms with Gasteiger partial charge in [-0.05, 0) is 56.5 Å². The number of nitrogens with one attached hydrogen (secondary N) is 1. The molecule has 2 aromatic rings. The van der Waals surface area contributed by atoms with Crippen molar-refractivity contribution in [1.29, 1.82) is 0 Å². The van der Waals surface area contributed by atoms with Crippen LogP contribution in [0.5, 0.6) is 0 Å². The van der Waals surface area contributed by atoms with Gasteiger partial charge >= 0.3 is 6.09 Å². The summed E-state index contributed by atoms with van der Waals surface area (Å²) >= 11 is 3.21. The highest BCUT2D eigenvalue weighted by Gasteiger charge is 2.49. The van der Waals surface area contributed by atoms with Crippen molar-refractivity contribution in [1.82, 2.24) is 24.5 Å². The highest BCUT2D eigenvalue weighted by molar-refractivity contribution is 9.10. The zero-order valence-electron chi connectivity index (χ0n) is 15.7. The van der Waals surface area contributed by atoms with Crippen molar-refractivity contribution in [2.75, 3.05) is 13.1 Å². The summed E-state index contributed by atoms with van der Waals surface area (Å²) in [5, 5.41) is 4.12. The number of amides is 1. The molecule has 0 saturated carbocycles. The number of nitrogens with zero attached hydrogens (tertiary/aromatic N) is 4. The predicted octanol–water partition coefficient (Wildman–Crippen LogP) is 2.50. The largest absolute Gasteiger partial charge is 0.444 e. The number of carbonyl (C=O) groups excluding carboxylic acids is 1. The van der Waals surface area contributed by atoms with E-state index in [9.17, 15) is 9.59 Å². The number of ether oxygens (including phenoxy) is 2. The standard InChI is InChI=1S/C17H22BrN5O4/c1-9-11-10(12(24)23-14(19-11)20-13(18)21-23)17(26-9)5-7-22(8-6-17)15(25)27-16(2,3)4/h9H,5-8H2,1-4H3,(H,19,20,21). The van der Waals surface area contributed by atoms with Crippen LogP contribution < -0.4 is 5.56 Å². The SMILES string of the molecule is CC1OC2(CCN(C(=O)OC(C)(C)C)CC2)c2c1[nH]c1nc(Br)nn1c2=O. The van der Waals surface area contributed by atoms with Crippen LogP contribution in [0.4, 0.5) is 4.79 Å². The number of carbonyl (C=O) groups is 1. The van der Waals surface area contributed by atoms with Crippen LogP contribution in [0.25, 0.3) is 5.78 Å². The molecule has 2 aliphatic rings. The molecule has 0 bridgehead atoms. The minimum Gasteiger partial charge on any atom is -0.444 e. The summed E-state index contributed by atoms with van der Waals surface area (Å²) in [5.74, 6) is 0.379. The van der Waals surface area contributed by atoms with Gasteiger partial charge in [-0.1, -0.05) is 0 Å². The molecule has 2 aromatic heterocycles. The number of halogens is 1. The second-order valence-corrected chi connectivity index (χ2v) is 8.77. The van der Waals surface area contributed by atoms with Crippen molar-refractivity contribution in [2.45, 2.75) is 57.8 Å². The van der Waals surface area contributed by atoms with Crippen LogP contribution >= 0.6 is 15.9 Å². The van der Waals surface area contributed by atoms with Crippen molar-refractivity contribution in [3.8, 4) is 0 Å². The molecule has 1 fully saturated rings. The van der Waals surface area contributed by atoms with Gasteiger partial charge in [-0.3, -0.25) is 4.79 Å². The first kappa shape index (κ1) is 18.4. The van der Waals surface area contributed by atoms with Gasteiger partial charge in [0, 0.05) is 13.1 Å². The third kappa shape index (κ3) is 3.04. The lowest BCUT2D eigenvalue weighted by Gasteiger charge is -2.39. The predicted molar refractivity (Wildman–Crippen MR) is 99.5 cm³/mol. The number of aromatic nitrogens is 4. The molecule has 9 nitrogen and oxygen atoms in total. The summed E-state index contributed by atoms with van der Waals surface area (Å²) in [6.07, 6.45) is 0.441. The molecule has 146 valence electrons. The molecule has 0 radical (unpaired) electrons. The fourth-order valence-corrected chi connectivity index (χ4v) is 4.19. The van der Waals surface area contributed by atoms with Gasteiger partial charge in [-0.2, -0.15) is 9.50 Å². The van der Waals surface area contributed by atoms with Gasteiger partial charge in [0.15, 0.2) is 0 Å². The van der Waals surface area contributed by atoms with E-state index < -0.39 is 11.2 Å². The summed E-state index contributed by atoms with van der Waals surface area (Å²) in [7, 11) is 0. The van der Waals surface area contributed by atoms with E-state index >= 15 is 0 Å². The molecular weight excluding hydrogens is 418 g/mol. The first-order chi connectivity index (χ1) is 12.6. The van der Waals surface area contributed by atoms with E-state index in [1.54, 1.807) is 4.90 Å². The summed E-state index contributed by atoms with van der Waals surface area (Å²) in [6.45, 7) is 8.35. The van der Waals surface area contributed by atoms with Crippen LogP contribution in [0.3, 0.4) is 0 Å². The average molecular weight is 440 g/mol. The van der Waals surface area contributed by atoms with Crippen LogP contribution in [-0.4, -0.2) is 49.3 Å². The molecule has 1 saturated heterocycles. The first-order valence-electron chi connectivity index (χ1n) is 8.94. The van der Waals surface area contributed by atoms with Gasteiger partial charge in [0.2, 0.25) is 10.5 Å². The number of hydrogen-bond donors (Lipinski definition) is 1. The molecule has 27 heavy (non-hydrogen) atoms. The van der Waals surface area contributed by atoms with Gasteiger partial charge in [-0.25, -0.2) is 4.79 Å². The van der Waals surface area contributed by atoms with Gasteiger partial charge in [0.25, 0.3) is 5.56 Å². The number of piperidine rings is 1. The Morgan fingerprint density at radius 2 is 2.04 bits per heavy atom. The van der Waals surface area contributed by atoms with Crippen LogP contribution in [-0.2, 0) is 15.1 Å². The molecule has 1 atom stereocenters. The average Bonchev–Trinajstić information content (AvgIpc) is 3.05. The fourth-order valence-electron chi connectivity index (χ4n) is 3.86. The van der Waals surface area contributed by atoms with E-state index in [0.29, 0.717) is 42.0 Å². The fraction of sp³-hybridized carbons (Fsp3) is 0.647. The van der Waals surface area contributed by atoms with E-state index in [-0.39, 0.29) is 17.8 Å². The Hall–Kier alpha value is -1.94. The van der Waals surface area contributed by atoms with Gasteiger partial charge in [0.05, 0.1) is 17.4 Å². The Balaban J connectivity index is 1.65. The topological polar surface area (TPSA) is 102 Å². The van der Waals surface area contributed by atoms with Gasteiger partial charge < -0.3 is 19.4 Å². The Morgan fingerprint density at radius 3 is 2.67 bits per heavy atom. The molecule has 4 heterocycles. The van der Waals surface area contributed by atoms with Gasteiger partial charge in [-0.15, -0.1) is 5.10 Å². The number of likely N-dealkylation sites (tertiary alicyclic amines) is 1. The monoisotopic (exact) mass is 439 g/mol. The quantitative estimate of drug-likeness (QED) is 0.676. The highest BCUT2D eigenvalue weighted by atomic mass is 79.9. The van der Waals surface area contributed by atoms with E-state index in [1.165, 1.54) is 4.52 Å².